The van der Waals surface area contributed by atoms with Gasteiger partial charge in [-0.25, -0.2) is 0 Å². The monoisotopic (exact) mass is 413 g/mol. The normalized spacial score (nSPS) is 15.4. The zero-order valence-corrected chi connectivity index (χ0v) is 17.6. The summed E-state index contributed by atoms with van der Waals surface area (Å²) in [6.07, 6.45) is 2.65. The number of amides is 1. The number of ether oxygens (including phenoxy) is 2. The highest BCUT2D eigenvalue weighted by atomic mass is 32.2. The topological polar surface area (TPSA) is 38.8 Å². The highest BCUT2D eigenvalue weighted by Crippen LogP contribution is 2.32. The smallest absolute Gasteiger partial charge is 0.266 e. The molecule has 2 aromatic rings. The molecule has 0 unspecified atom stereocenters. The van der Waals surface area contributed by atoms with Crippen molar-refractivity contribution in [2.45, 2.75) is 20.3 Å². The van der Waals surface area contributed by atoms with Crippen LogP contribution in [0, 0.1) is 6.92 Å². The maximum atomic E-state index is 12.3. The molecule has 1 heterocycles. The van der Waals surface area contributed by atoms with Gasteiger partial charge in [0.1, 0.15) is 15.8 Å². The first-order valence-corrected chi connectivity index (χ1v) is 10.5. The molecule has 28 heavy (non-hydrogen) atoms. The molecule has 1 aliphatic rings. The van der Waals surface area contributed by atoms with E-state index in [4.69, 9.17) is 21.7 Å². The second kappa shape index (κ2) is 9.75. The van der Waals surface area contributed by atoms with E-state index < -0.39 is 0 Å². The van der Waals surface area contributed by atoms with Gasteiger partial charge in [-0.15, -0.1) is 0 Å². The van der Waals surface area contributed by atoms with Gasteiger partial charge in [-0.05, 0) is 55.3 Å². The molecule has 0 radical (unpaired) electrons. The molecule has 0 N–H and O–H groups in total. The number of thiocarbonyl (C=S) groups is 1. The number of hydrogen-bond acceptors (Lipinski definition) is 5. The number of likely N-dealkylation sites (N-methyl/N-ethyl adjacent to an activating group) is 1. The predicted molar refractivity (Wildman–Crippen MR) is 119 cm³/mol. The Balaban J connectivity index is 1.50. The Morgan fingerprint density at radius 1 is 1.07 bits per heavy atom. The SMILES string of the molecule is CCN1C(=O)C(=Cc2cccc(OCCCOc3cccc(C)c3)c2)SC1=S. The van der Waals surface area contributed by atoms with Crippen molar-refractivity contribution < 1.29 is 14.3 Å². The van der Waals surface area contributed by atoms with E-state index in [9.17, 15) is 4.79 Å². The van der Waals surface area contributed by atoms with Gasteiger partial charge < -0.3 is 9.47 Å². The molecule has 146 valence electrons. The van der Waals surface area contributed by atoms with E-state index in [2.05, 4.69) is 0 Å². The van der Waals surface area contributed by atoms with Gasteiger partial charge in [-0.1, -0.05) is 48.2 Å². The predicted octanol–water partition coefficient (Wildman–Crippen LogP) is 5.06. The number of aryl methyl sites for hydroxylation is 1. The van der Waals surface area contributed by atoms with Crippen molar-refractivity contribution in [3.05, 3.63) is 64.6 Å². The molecule has 0 saturated carbocycles. The summed E-state index contributed by atoms with van der Waals surface area (Å²) in [6.45, 7) is 5.72. The maximum absolute atomic E-state index is 12.3. The molecule has 6 heteroatoms. The van der Waals surface area contributed by atoms with Crippen molar-refractivity contribution in [1.29, 1.82) is 0 Å². The standard InChI is InChI=1S/C22H23NO3S2/c1-3-23-21(24)20(28-22(23)27)15-17-8-5-10-19(14-17)26-12-6-11-25-18-9-4-7-16(2)13-18/h4-5,7-10,13-15H,3,6,11-12H2,1-2H3. The molecule has 4 nitrogen and oxygen atoms in total. The lowest BCUT2D eigenvalue weighted by Gasteiger charge is -2.10. The number of benzene rings is 2. The summed E-state index contributed by atoms with van der Waals surface area (Å²) < 4.78 is 12.2. The first-order chi connectivity index (χ1) is 13.6. The maximum Gasteiger partial charge on any atom is 0.266 e. The molecular weight excluding hydrogens is 390 g/mol. The summed E-state index contributed by atoms with van der Waals surface area (Å²) in [5.41, 5.74) is 2.10. The average Bonchev–Trinajstić information content (AvgIpc) is 2.94. The second-order valence-electron chi connectivity index (χ2n) is 6.37. The molecular formula is C22H23NO3S2. The lowest BCUT2D eigenvalue weighted by Crippen LogP contribution is -2.27. The van der Waals surface area contributed by atoms with Crippen LogP contribution < -0.4 is 9.47 Å². The van der Waals surface area contributed by atoms with Crippen LogP contribution in [0.25, 0.3) is 6.08 Å². The largest absolute Gasteiger partial charge is 0.493 e. The molecule has 1 fully saturated rings. The van der Waals surface area contributed by atoms with Crippen LogP contribution in [0.4, 0.5) is 0 Å². The van der Waals surface area contributed by atoms with E-state index >= 15 is 0 Å². The number of thioether (sulfide) groups is 1. The molecule has 0 spiro atoms. The number of carbonyl (C=O) groups excluding carboxylic acids is 1. The minimum absolute atomic E-state index is 0.0304. The molecule has 0 aliphatic carbocycles. The summed E-state index contributed by atoms with van der Waals surface area (Å²) >= 11 is 6.59. The van der Waals surface area contributed by atoms with Gasteiger partial charge in [0.15, 0.2) is 0 Å². The zero-order valence-electron chi connectivity index (χ0n) is 16.0. The van der Waals surface area contributed by atoms with E-state index in [1.165, 1.54) is 17.3 Å². The number of carbonyl (C=O) groups is 1. The molecule has 1 amide bonds. The van der Waals surface area contributed by atoms with Gasteiger partial charge in [0.05, 0.1) is 18.1 Å². The highest BCUT2D eigenvalue weighted by Gasteiger charge is 2.30. The minimum Gasteiger partial charge on any atom is -0.493 e. The van der Waals surface area contributed by atoms with Crippen molar-refractivity contribution in [2.75, 3.05) is 19.8 Å². The molecule has 1 saturated heterocycles. The molecule has 2 aromatic carbocycles. The summed E-state index contributed by atoms with van der Waals surface area (Å²) in [4.78, 5) is 14.6. The van der Waals surface area contributed by atoms with Crippen LogP contribution in [0.15, 0.2) is 53.4 Å². The Morgan fingerprint density at radius 2 is 1.75 bits per heavy atom. The Labute approximate surface area is 175 Å². The molecule has 0 bridgehead atoms. The van der Waals surface area contributed by atoms with E-state index in [1.807, 2.05) is 68.5 Å². The van der Waals surface area contributed by atoms with E-state index in [-0.39, 0.29) is 5.91 Å². The van der Waals surface area contributed by atoms with Crippen LogP contribution in [-0.4, -0.2) is 34.9 Å². The third-order valence-corrected chi connectivity index (χ3v) is 5.54. The van der Waals surface area contributed by atoms with Gasteiger partial charge in [0, 0.05) is 13.0 Å². The Kier molecular flexibility index (Phi) is 7.12. The zero-order chi connectivity index (χ0) is 19.9. The van der Waals surface area contributed by atoms with Crippen molar-refractivity contribution in [2.24, 2.45) is 0 Å². The molecule has 3 rings (SSSR count). The number of hydrogen-bond donors (Lipinski definition) is 0. The number of nitrogens with zero attached hydrogens (tertiary/aromatic N) is 1. The first kappa shape index (κ1) is 20.4. The number of rotatable bonds is 8. The lowest BCUT2D eigenvalue weighted by molar-refractivity contribution is -0.121. The first-order valence-electron chi connectivity index (χ1n) is 9.24. The second-order valence-corrected chi connectivity index (χ2v) is 8.04. The van der Waals surface area contributed by atoms with Crippen molar-refractivity contribution >= 4 is 40.3 Å². The minimum atomic E-state index is -0.0304. The van der Waals surface area contributed by atoms with E-state index in [0.29, 0.717) is 29.0 Å². The fraction of sp³-hybridized carbons (Fsp3) is 0.273. The Bertz CT molecular complexity index is 895. The van der Waals surface area contributed by atoms with Crippen molar-refractivity contribution in [1.82, 2.24) is 4.90 Å². The Hall–Kier alpha value is -2.31. The summed E-state index contributed by atoms with van der Waals surface area (Å²) in [5.74, 6) is 1.62. The van der Waals surface area contributed by atoms with Crippen LogP contribution >= 0.6 is 24.0 Å². The van der Waals surface area contributed by atoms with Gasteiger partial charge in [0.25, 0.3) is 5.91 Å². The molecule has 0 aromatic heterocycles. The molecule has 0 atom stereocenters. The van der Waals surface area contributed by atoms with Crippen LogP contribution in [-0.2, 0) is 4.79 Å². The lowest BCUT2D eigenvalue weighted by atomic mass is 10.2. The van der Waals surface area contributed by atoms with Crippen LogP contribution in [0.5, 0.6) is 11.5 Å². The summed E-state index contributed by atoms with van der Waals surface area (Å²) in [6, 6.07) is 15.7. The third-order valence-electron chi connectivity index (χ3n) is 4.16. The third kappa shape index (κ3) is 5.36. The van der Waals surface area contributed by atoms with Gasteiger partial charge in [-0.2, -0.15) is 0 Å². The van der Waals surface area contributed by atoms with Crippen molar-refractivity contribution in [3.63, 3.8) is 0 Å². The van der Waals surface area contributed by atoms with E-state index in [1.54, 1.807) is 4.90 Å². The highest BCUT2D eigenvalue weighted by molar-refractivity contribution is 8.26. The average molecular weight is 414 g/mol. The van der Waals surface area contributed by atoms with Crippen LogP contribution in [0.3, 0.4) is 0 Å². The summed E-state index contributed by atoms with van der Waals surface area (Å²) in [5, 5.41) is 0. The van der Waals surface area contributed by atoms with Gasteiger partial charge in [-0.3, -0.25) is 9.69 Å². The van der Waals surface area contributed by atoms with Crippen LogP contribution in [0.2, 0.25) is 0 Å². The fourth-order valence-corrected chi connectivity index (χ4v) is 4.15. The molecule has 1 aliphatic heterocycles. The summed E-state index contributed by atoms with van der Waals surface area (Å²) in [7, 11) is 0. The van der Waals surface area contributed by atoms with Crippen LogP contribution in [0.1, 0.15) is 24.5 Å². The quantitative estimate of drug-likeness (QED) is 0.343. The fourth-order valence-electron chi connectivity index (χ4n) is 2.76. The Morgan fingerprint density at radius 3 is 2.39 bits per heavy atom. The van der Waals surface area contributed by atoms with Crippen molar-refractivity contribution in [3.8, 4) is 11.5 Å². The van der Waals surface area contributed by atoms with Gasteiger partial charge in [0.2, 0.25) is 0 Å². The van der Waals surface area contributed by atoms with Gasteiger partial charge >= 0.3 is 0 Å². The van der Waals surface area contributed by atoms with E-state index in [0.717, 1.165) is 23.5 Å².